The van der Waals surface area contributed by atoms with Gasteiger partial charge >= 0.3 is 0 Å². The summed E-state index contributed by atoms with van der Waals surface area (Å²) in [7, 11) is 0. The number of aromatic nitrogens is 2. The Morgan fingerprint density at radius 1 is 0.816 bits per heavy atom. The highest BCUT2D eigenvalue weighted by Gasteiger charge is 2.14. The van der Waals surface area contributed by atoms with Gasteiger partial charge in [0.05, 0.1) is 27.6 Å². The lowest BCUT2D eigenvalue weighted by Gasteiger charge is -2.13. The first-order valence-electron chi connectivity index (χ1n) is 12.2. The Kier molecular flexibility index (Phi) is 7.23. The third-order valence-corrected chi connectivity index (χ3v) is 7.35. The van der Waals surface area contributed by atoms with Gasteiger partial charge in [0.2, 0.25) is 0 Å². The van der Waals surface area contributed by atoms with E-state index < -0.39 is 0 Å². The van der Waals surface area contributed by atoms with Crippen LogP contribution in [-0.2, 0) is 0 Å². The molecule has 5 rings (SSSR count). The zero-order valence-corrected chi connectivity index (χ0v) is 22.8. The van der Waals surface area contributed by atoms with E-state index in [1.807, 2.05) is 66.9 Å². The van der Waals surface area contributed by atoms with E-state index in [0.29, 0.717) is 15.6 Å². The minimum atomic E-state index is -0.285. The zero-order valence-electron chi connectivity index (χ0n) is 21.2. The quantitative estimate of drug-likeness (QED) is 0.172. The maximum Gasteiger partial charge on any atom is 0.271 e. The average molecular weight is 541 g/mol. The zero-order chi connectivity index (χ0) is 26.8. The number of nitrogens with one attached hydrogen (secondary N) is 1. The second-order valence-corrected chi connectivity index (χ2v) is 9.83. The van der Waals surface area contributed by atoms with E-state index in [0.717, 1.165) is 45.3 Å². The first-order chi connectivity index (χ1) is 18.3. The van der Waals surface area contributed by atoms with Crippen LogP contribution >= 0.6 is 23.2 Å². The molecule has 0 atom stereocenters. The van der Waals surface area contributed by atoms with E-state index in [4.69, 9.17) is 23.2 Å². The summed E-state index contributed by atoms with van der Waals surface area (Å²) in [5, 5.41) is 5.19. The summed E-state index contributed by atoms with van der Waals surface area (Å²) in [4.78, 5) is 12.8. The lowest BCUT2D eigenvalue weighted by molar-refractivity contribution is 0.0955. The summed E-state index contributed by atoms with van der Waals surface area (Å²) in [6.07, 6.45) is 1.64. The van der Waals surface area contributed by atoms with Crippen molar-refractivity contribution >= 4 is 35.3 Å². The van der Waals surface area contributed by atoms with Crippen molar-refractivity contribution in [3.8, 4) is 22.6 Å². The van der Waals surface area contributed by atoms with Gasteiger partial charge in [0.25, 0.3) is 5.91 Å². The number of hydrogen-bond donors (Lipinski definition) is 1. The molecule has 0 bridgehead atoms. The summed E-state index contributed by atoms with van der Waals surface area (Å²) in [6.45, 7) is 6.02. The molecule has 0 unspecified atom stereocenters. The van der Waals surface area contributed by atoms with Crippen LogP contribution in [0.3, 0.4) is 0 Å². The maximum absolute atomic E-state index is 12.8. The highest BCUT2D eigenvalue weighted by Crippen LogP contribution is 2.31. The van der Waals surface area contributed by atoms with E-state index in [9.17, 15) is 4.79 Å². The predicted octanol–water partition coefficient (Wildman–Crippen LogP) is 7.93. The second kappa shape index (κ2) is 10.7. The smallest absolute Gasteiger partial charge is 0.271 e. The van der Waals surface area contributed by atoms with Gasteiger partial charge in [0, 0.05) is 33.9 Å². The third kappa shape index (κ3) is 4.91. The number of halogens is 2. The van der Waals surface area contributed by atoms with Gasteiger partial charge in [0.15, 0.2) is 0 Å². The van der Waals surface area contributed by atoms with Crippen LogP contribution in [0.4, 0.5) is 0 Å². The van der Waals surface area contributed by atoms with E-state index in [1.165, 1.54) is 0 Å². The van der Waals surface area contributed by atoms with Crippen molar-refractivity contribution in [3.05, 3.63) is 129 Å². The van der Waals surface area contributed by atoms with Crippen molar-refractivity contribution in [2.75, 3.05) is 0 Å². The molecular weight excluding hydrogens is 515 g/mol. The summed E-state index contributed by atoms with van der Waals surface area (Å²) >= 11 is 12.7. The SMILES string of the molecule is Cc1ccc(-c2ccccc2)n1-c1ccc(C(=O)N/N=C/c2cc(C)n(-c3cccc(Cl)c3Cl)c2C)cc1. The monoisotopic (exact) mass is 540 g/mol. The van der Waals surface area contributed by atoms with Crippen LogP contribution in [0.1, 0.15) is 33.0 Å². The largest absolute Gasteiger partial charge is 0.316 e. The Hall–Kier alpha value is -4.06. The first-order valence-corrected chi connectivity index (χ1v) is 12.9. The molecule has 0 fully saturated rings. The van der Waals surface area contributed by atoms with Gasteiger partial charge in [-0.3, -0.25) is 4.79 Å². The van der Waals surface area contributed by atoms with Gasteiger partial charge in [-0.15, -0.1) is 0 Å². The van der Waals surface area contributed by atoms with Gasteiger partial charge in [0.1, 0.15) is 0 Å². The van der Waals surface area contributed by atoms with E-state index in [1.54, 1.807) is 24.4 Å². The molecule has 0 aliphatic heterocycles. The molecule has 7 heteroatoms. The number of carbonyl (C=O) groups excluding carboxylic acids is 1. The number of nitrogens with zero attached hydrogens (tertiary/aromatic N) is 3. The Morgan fingerprint density at radius 2 is 1.55 bits per heavy atom. The van der Waals surface area contributed by atoms with E-state index in [-0.39, 0.29) is 5.91 Å². The van der Waals surface area contributed by atoms with Gasteiger partial charge in [-0.1, -0.05) is 59.6 Å². The molecule has 0 saturated carbocycles. The molecule has 0 aliphatic carbocycles. The van der Waals surface area contributed by atoms with Crippen molar-refractivity contribution in [2.45, 2.75) is 20.8 Å². The Labute approximate surface area is 232 Å². The van der Waals surface area contributed by atoms with Crippen molar-refractivity contribution in [1.29, 1.82) is 0 Å². The van der Waals surface area contributed by atoms with Gasteiger partial charge in [-0.05, 0) is 80.9 Å². The summed E-state index contributed by atoms with van der Waals surface area (Å²) in [5.74, 6) is -0.285. The standard InChI is InChI=1S/C31H26Cl2N4O/c1-20-12-17-28(23-8-5-4-6-9-23)37(20)26-15-13-24(14-16-26)31(38)35-34-19-25-18-21(2)36(22(25)3)29-11-7-10-27(32)30(29)33/h4-19H,1-3H3,(H,35,38)/b34-19+. The molecule has 3 aromatic carbocycles. The summed E-state index contributed by atoms with van der Waals surface area (Å²) in [5.41, 5.74) is 11.1. The Morgan fingerprint density at radius 3 is 2.29 bits per heavy atom. The lowest BCUT2D eigenvalue weighted by atomic mass is 10.1. The molecule has 2 heterocycles. The van der Waals surface area contributed by atoms with E-state index >= 15 is 0 Å². The molecular formula is C31H26Cl2N4O. The molecule has 0 radical (unpaired) electrons. The van der Waals surface area contributed by atoms with Crippen LogP contribution in [0.25, 0.3) is 22.6 Å². The third-order valence-electron chi connectivity index (χ3n) is 6.55. The Balaban J connectivity index is 1.32. The fourth-order valence-corrected chi connectivity index (χ4v) is 5.04. The summed E-state index contributed by atoms with van der Waals surface area (Å²) < 4.78 is 4.19. The van der Waals surface area contributed by atoms with Crippen molar-refractivity contribution in [3.63, 3.8) is 0 Å². The number of benzene rings is 3. The topological polar surface area (TPSA) is 51.3 Å². The highest BCUT2D eigenvalue weighted by molar-refractivity contribution is 6.43. The minimum absolute atomic E-state index is 0.285. The van der Waals surface area contributed by atoms with Gasteiger partial charge in [-0.2, -0.15) is 5.10 Å². The molecule has 0 saturated heterocycles. The van der Waals surface area contributed by atoms with Crippen LogP contribution in [0.5, 0.6) is 0 Å². The Bertz CT molecular complexity index is 1650. The summed E-state index contributed by atoms with van der Waals surface area (Å²) in [6, 6.07) is 29.5. The molecule has 190 valence electrons. The van der Waals surface area contributed by atoms with Gasteiger partial charge < -0.3 is 9.13 Å². The van der Waals surface area contributed by atoms with Crippen LogP contribution < -0.4 is 5.43 Å². The van der Waals surface area contributed by atoms with Crippen molar-refractivity contribution in [2.24, 2.45) is 5.10 Å². The number of carbonyl (C=O) groups is 1. The number of amides is 1. The maximum atomic E-state index is 12.8. The molecule has 1 amide bonds. The van der Waals surface area contributed by atoms with Gasteiger partial charge in [-0.25, -0.2) is 5.43 Å². The molecule has 2 aromatic heterocycles. The molecule has 5 aromatic rings. The number of hydrogen-bond acceptors (Lipinski definition) is 2. The fourth-order valence-electron chi connectivity index (χ4n) is 4.66. The lowest BCUT2D eigenvalue weighted by Crippen LogP contribution is -2.17. The average Bonchev–Trinajstić information content (AvgIpc) is 3.44. The van der Waals surface area contributed by atoms with Crippen LogP contribution in [-0.4, -0.2) is 21.3 Å². The van der Waals surface area contributed by atoms with Crippen molar-refractivity contribution in [1.82, 2.24) is 14.6 Å². The fraction of sp³-hybridized carbons (Fsp3) is 0.0968. The molecule has 1 N–H and O–H groups in total. The number of hydrazone groups is 1. The van der Waals surface area contributed by atoms with Crippen LogP contribution in [0, 0.1) is 20.8 Å². The second-order valence-electron chi connectivity index (χ2n) is 9.04. The number of rotatable bonds is 6. The predicted molar refractivity (Wildman–Crippen MR) is 156 cm³/mol. The molecule has 0 aliphatic rings. The highest BCUT2D eigenvalue weighted by atomic mass is 35.5. The molecule has 0 spiro atoms. The molecule has 38 heavy (non-hydrogen) atoms. The van der Waals surface area contributed by atoms with Crippen LogP contribution in [0.15, 0.2) is 96.1 Å². The van der Waals surface area contributed by atoms with E-state index in [2.05, 4.69) is 46.3 Å². The van der Waals surface area contributed by atoms with Crippen molar-refractivity contribution < 1.29 is 4.79 Å². The first kappa shape index (κ1) is 25.6. The number of aryl methyl sites for hydroxylation is 2. The molecule has 5 nitrogen and oxygen atoms in total. The minimum Gasteiger partial charge on any atom is -0.316 e. The van der Waals surface area contributed by atoms with Crippen LogP contribution in [0.2, 0.25) is 10.0 Å². The normalized spacial score (nSPS) is 11.3.